The van der Waals surface area contributed by atoms with Crippen LogP contribution >= 0.6 is 0 Å². The molecule has 0 aliphatic carbocycles. The summed E-state index contributed by atoms with van der Waals surface area (Å²) in [7, 11) is 0. The fraction of sp³-hybridized carbons (Fsp3) is 0.605. The van der Waals surface area contributed by atoms with E-state index in [0.717, 1.165) is 0 Å². The molecule has 21 nitrogen and oxygen atoms in total. The maximum Gasteiger partial charge on any atom is 0.326 e. The van der Waals surface area contributed by atoms with E-state index in [1.807, 2.05) is 0 Å². The molecule has 21 heteroatoms. The normalized spacial score (nSPS) is 15.2. The van der Waals surface area contributed by atoms with Crippen molar-refractivity contribution < 1.29 is 58.5 Å². The first-order valence-electron chi connectivity index (χ1n) is 19.2. The first-order chi connectivity index (χ1) is 27.5. The quantitative estimate of drug-likeness (QED) is 0.0447. The number of amides is 8. The molecule has 0 fully saturated rings. The smallest absolute Gasteiger partial charge is 0.326 e. The number of aliphatic hydroxyl groups is 1. The van der Waals surface area contributed by atoms with E-state index in [4.69, 9.17) is 17.2 Å². The van der Waals surface area contributed by atoms with Crippen molar-refractivity contribution in [2.75, 3.05) is 6.61 Å². The predicted molar refractivity (Wildman–Crippen MR) is 212 cm³/mol. The van der Waals surface area contributed by atoms with E-state index >= 15 is 0 Å². The van der Waals surface area contributed by atoms with Gasteiger partial charge in [-0.15, -0.1) is 0 Å². The van der Waals surface area contributed by atoms with Gasteiger partial charge in [-0.2, -0.15) is 0 Å². The fourth-order valence-electron chi connectivity index (χ4n) is 5.70. The molecule has 0 heterocycles. The van der Waals surface area contributed by atoms with Crippen LogP contribution < -0.4 is 49.1 Å². The van der Waals surface area contributed by atoms with E-state index in [-0.39, 0.29) is 36.8 Å². The van der Waals surface area contributed by atoms with Crippen molar-refractivity contribution in [3.63, 3.8) is 0 Å². The largest absolute Gasteiger partial charge is 0.508 e. The van der Waals surface area contributed by atoms with Gasteiger partial charge >= 0.3 is 5.97 Å². The Labute approximate surface area is 342 Å². The number of aliphatic hydroxyl groups excluding tert-OH is 1. The number of benzene rings is 1. The van der Waals surface area contributed by atoms with Crippen LogP contribution in [0.3, 0.4) is 0 Å². The Morgan fingerprint density at radius 3 is 1.44 bits per heavy atom. The third-order valence-electron chi connectivity index (χ3n) is 9.08. The van der Waals surface area contributed by atoms with E-state index in [1.165, 1.54) is 12.1 Å². The lowest BCUT2D eigenvalue weighted by Gasteiger charge is -2.29. The Balaban J connectivity index is 3.21. The number of primary amides is 2. The molecule has 1 aromatic carbocycles. The standard InChI is InChI=1S/C38H61N9O12/c1-7-20(6)31(37(57)44-25(13-19(4)5)34(54)45-27(38(58)59)16-30(41)51)47-36(56)28(17-48)46-35(55)26(15-29(40)50)43-33(53)24(12-18(2)3)42-32(52)23(39)14-21-8-10-22(49)11-9-21/h8-11,18-20,23-28,31,48-49H,7,12-17,39H2,1-6H3,(H2,40,50)(H2,41,51)(H,42,52)(H,43,53)(H,44,57)(H,45,54)(H,46,55)(H,47,56)(H,58,59). The van der Waals surface area contributed by atoms with Crippen molar-refractivity contribution in [3.05, 3.63) is 29.8 Å². The highest BCUT2D eigenvalue weighted by Crippen LogP contribution is 2.14. The van der Waals surface area contributed by atoms with Crippen molar-refractivity contribution in [2.45, 2.75) is 122 Å². The molecule has 1 rings (SSSR count). The van der Waals surface area contributed by atoms with Gasteiger partial charge in [0.2, 0.25) is 47.3 Å². The molecule has 0 bridgehead atoms. The molecule has 1 aromatic rings. The highest BCUT2D eigenvalue weighted by molar-refractivity contribution is 5.98. The number of carboxylic acids is 1. The number of phenolic OH excluding ortho intramolecular Hbond substituents is 1. The maximum absolute atomic E-state index is 13.6. The second-order valence-corrected chi connectivity index (χ2v) is 15.3. The zero-order valence-electron chi connectivity index (χ0n) is 34.3. The van der Waals surface area contributed by atoms with Gasteiger partial charge in [-0.1, -0.05) is 60.1 Å². The molecule has 8 unspecified atom stereocenters. The average molecular weight is 836 g/mol. The Kier molecular flexibility index (Phi) is 21.5. The molecule has 0 radical (unpaired) electrons. The van der Waals surface area contributed by atoms with E-state index in [2.05, 4.69) is 31.9 Å². The van der Waals surface area contributed by atoms with Crippen molar-refractivity contribution in [3.8, 4) is 5.75 Å². The number of phenols is 1. The molecule has 0 aliphatic heterocycles. The molecule has 15 N–H and O–H groups in total. The predicted octanol–water partition coefficient (Wildman–Crippen LogP) is -2.86. The summed E-state index contributed by atoms with van der Waals surface area (Å²) in [6.45, 7) is 9.31. The summed E-state index contributed by atoms with van der Waals surface area (Å²) < 4.78 is 0. The summed E-state index contributed by atoms with van der Waals surface area (Å²) in [6, 6.07) is -4.10. The van der Waals surface area contributed by atoms with E-state index in [9.17, 15) is 58.5 Å². The maximum atomic E-state index is 13.6. The van der Waals surface area contributed by atoms with Crippen molar-refractivity contribution >= 4 is 53.2 Å². The van der Waals surface area contributed by atoms with Crippen LogP contribution in [0, 0.1) is 17.8 Å². The number of hydrogen-bond donors (Lipinski definition) is 12. The number of nitrogens with one attached hydrogen (secondary N) is 6. The number of carboxylic acid groups (broad SMARTS) is 1. The van der Waals surface area contributed by atoms with Gasteiger partial charge in [0, 0.05) is 0 Å². The number of carbonyl (C=O) groups is 9. The van der Waals surface area contributed by atoms with Crippen LogP contribution in [0.25, 0.3) is 0 Å². The summed E-state index contributed by atoms with van der Waals surface area (Å²) >= 11 is 0. The zero-order chi connectivity index (χ0) is 45.1. The third-order valence-corrected chi connectivity index (χ3v) is 9.08. The average Bonchev–Trinajstić information content (AvgIpc) is 3.14. The number of rotatable bonds is 26. The minimum atomic E-state index is -1.74. The van der Waals surface area contributed by atoms with E-state index in [0.29, 0.717) is 12.0 Å². The van der Waals surface area contributed by atoms with Crippen molar-refractivity contribution in [1.29, 1.82) is 0 Å². The second-order valence-electron chi connectivity index (χ2n) is 15.3. The van der Waals surface area contributed by atoms with Gasteiger partial charge in [-0.25, -0.2) is 4.79 Å². The number of aromatic hydroxyl groups is 1. The number of carbonyl (C=O) groups excluding carboxylic acids is 8. The van der Waals surface area contributed by atoms with Crippen LogP contribution in [0.15, 0.2) is 24.3 Å². The summed E-state index contributed by atoms with van der Waals surface area (Å²) in [5.41, 5.74) is 17.2. The van der Waals surface area contributed by atoms with E-state index in [1.54, 1.807) is 53.7 Å². The third kappa shape index (κ3) is 18.5. The molecule has 0 spiro atoms. The molecule has 0 saturated heterocycles. The second kappa shape index (κ2) is 24.8. The lowest BCUT2D eigenvalue weighted by Crippen LogP contribution is -2.61. The first-order valence-corrected chi connectivity index (χ1v) is 19.2. The van der Waals surface area contributed by atoms with Crippen LogP contribution in [-0.4, -0.2) is 117 Å². The molecule has 330 valence electrons. The van der Waals surface area contributed by atoms with Crippen LogP contribution in [-0.2, 0) is 49.6 Å². The molecule has 0 aromatic heterocycles. The van der Waals surface area contributed by atoms with Gasteiger partial charge in [0.25, 0.3) is 0 Å². The monoisotopic (exact) mass is 835 g/mol. The number of aliphatic carboxylic acids is 1. The molecular formula is C38H61N9O12. The lowest BCUT2D eigenvalue weighted by atomic mass is 9.96. The Bertz CT molecular complexity index is 1640. The van der Waals surface area contributed by atoms with Gasteiger partial charge in [-0.3, -0.25) is 38.4 Å². The summed E-state index contributed by atoms with van der Waals surface area (Å²) in [5, 5.41) is 43.4. The summed E-state index contributed by atoms with van der Waals surface area (Å²) in [4.78, 5) is 115. The van der Waals surface area contributed by atoms with Crippen LogP contribution in [0.5, 0.6) is 5.75 Å². The van der Waals surface area contributed by atoms with Crippen molar-refractivity contribution in [1.82, 2.24) is 31.9 Å². The van der Waals surface area contributed by atoms with Gasteiger partial charge in [0.05, 0.1) is 25.5 Å². The Morgan fingerprint density at radius 2 is 1.00 bits per heavy atom. The zero-order valence-corrected chi connectivity index (χ0v) is 34.3. The van der Waals surface area contributed by atoms with Gasteiger partial charge in [0.1, 0.15) is 42.0 Å². The Morgan fingerprint density at radius 1 is 0.593 bits per heavy atom. The minimum Gasteiger partial charge on any atom is -0.508 e. The highest BCUT2D eigenvalue weighted by Gasteiger charge is 2.36. The fourth-order valence-corrected chi connectivity index (χ4v) is 5.70. The van der Waals surface area contributed by atoms with Crippen LogP contribution in [0.1, 0.15) is 79.2 Å². The van der Waals surface area contributed by atoms with Crippen LogP contribution in [0.4, 0.5) is 0 Å². The topological polar surface area (TPSA) is 365 Å². The SMILES string of the molecule is CCC(C)C(NC(=O)C(CO)NC(=O)C(CC(N)=O)NC(=O)C(CC(C)C)NC(=O)C(N)Cc1ccc(O)cc1)C(=O)NC(CC(C)C)C(=O)NC(CC(N)=O)C(=O)O. The summed E-state index contributed by atoms with van der Waals surface area (Å²) in [5.74, 6) is -10.0. The van der Waals surface area contributed by atoms with Crippen molar-refractivity contribution in [2.24, 2.45) is 35.0 Å². The molecular weight excluding hydrogens is 774 g/mol. The van der Waals surface area contributed by atoms with E-state index < -0.39 is 121 Å². The van der Waals surface area contributed by atoms with Gasteiger partial charge in [-0.05, 0) is 54.7 Å². The lowest BCUT2D eigenvalue weighted by molar-refractivity contribution is -0.144. The van der Waals surface area contributed by atoms with Gasteiger partial charge < -0.3 is 64.4 Å². The van der Waals surface area contributed by atoms with Gasteiger partial charge in [0.15, 0.2) is 0 Å². The summed E-state index contributed by atoms with van der Waals surface area (Å²) in [6.07, 6.45) is -0.962. The molecule has 8 amide bonds. The molecule has 0 saturated carbocycles. The number of hydrogen-bond acceptors (Lipinski definition) is 12. The molecule has 0 aliphatic rings. The van der Waals surface area contributed by atoms with Crippen LogP contribution in [0.2, 0.25) is 0 Å². The Hall–Kier alpha value is -5.83. The minimum absolute atomic E-state index is 0.0214. The molecule has 8 atom stereocenters. The molecule has 59 heavy (non-hydrogen) atoms. The number of nitrogens with two attached hydrogens (primary N) is 3. The highest BCUT2D eigenvalue weighted by atomic mass is 16.4. The first kappa shape index (κ1) is 51.2.